The van der Waals surface area contributed by atoms with Gasteiger partial charge in [-0.1, -0.05) is 13.0 Å². The number of thiophene rings is 1. The molecule has 1 aromatic carbocycles. The van der Waals surface area contributed by atoms with Crippen molar-refractivity contribution in [2.45, 2.75) is 19.4 Å². The Morgan fingerprint density at radius 1 is 1.48 bits per heavy atom. The molecule has 2 rings (SSSR count). The summed E-state index contributed by atoms with van der Waals surface area (Å²) in [6.07, 6.45) is 0.634. The van der Waals surface area contributed by atoms with Crippen LogP contribution in [0.2, 0.25) is 0 Å². The Labute approximate surface area is 124 Å². The summed E-state index contributed by atoms with van der Waals surface area (Å²) in [5, 5.41) is 15.5. The largest absolute Gasteiger partial charge is 0.344 e. The summed E-state index contributed by atoms with van der Waals surface area (Å²) < 4.78 is 13.3. The Bertz CT molecular complexity index is 658. The highest BCUT2D eigenvalue weighted by Crippen LogP contribution is 2.24. The average molecular weight is 308 g/mol. The zero-order chi connectivity index (χ0) is 15.4. The number of nitrogens with zero attached hydrogens (tertiary/aromatic N) is 1. The lowest BCUT2D eigenvalue weighted by Gasteiger charge is -2.15. The van der Waals surface area contributed by atoms with E-state index in [9.17, 15) is 19.3 Å². The minimum atomic E-state index is -0.694. The number of nitro benzene ring substituents is 1. The fourth-order valence-corrected chi connectivity index (χ4v) is 2.81. The summed E-state index contributed by atoms with van der Waals surface area (Å²) in [7, 11) is 0. The normalized spacial score (nSPS) is 11.9. The third kappa shape index (κ3) is 3.43. The summed E-state index contributed by atoms with van der Waals surface area (Å²) in [6.45, 7) is 1.89. The van der Waals surface area contributed by atoms with Gasteiger partial charge in [-0.15, -0.1) is 11.3 Å². The second-order valence-corrected chi connectivity index (χ2v) is 5.35. The van der Waals surface area contributed by atoms with E-state index in [0.29, 0.717) is 6.42 Å². The molecule has 0 aliphatic carbocycles. The van der Waals surface area contributed by atoms with Crippen LogP contribution in [0.1, 0.15) is 34.6 Å². The Kier molecular flexibility index (Phi) is 4.64. The Morgan fingerprint density at radius 2 is 2.24 bits per heavy atom. The monoisotopic (exact) mass is 308 g/mol. The number of carbonyl (C=O) groups excluding carboxylic acids is 1. The van der Waals surface area contributed by atoms with Crippen molar-refractivity contribution in [2.24, 2.45) is 0 Å². The van der Waals surface area contributed by atoms with Gasteiger partial charge in [0.25, 0.3) is 11.6 Å². The first-order chi connectivity index (χ1) is 10.0. The topological polar surface area (TPSA) is 72.2 Å². The summed E-state index contributed by atoms with van der Waals surface area (Å²) in [5.74, 6) is -1.34. The van der Waals surface area contributed by atoms with Gasteiger partial charge in [0.15, 0.2) is 0 Å². The molecule has 1 unspecified atom stereocenters. The van der Waals surface area contributed by atoms with Crippen molar-refractivity contribution in [1.82, 2.24) is 5.32 Å². The molecule has 1 aromatic heterocycles. The van der Waals surface area contributed by atoms with Crippen molar-refractivity contribution in [2.75, 3.05) is 0 Å². The fourth-order valence-electron chi connectivity index (χ4n) is 1.95. The second-order valence-electron chi connectivity index (χ2n) is 4.37. The molecule has 5 nitrogen and oxygen atoms in total. The Morgan fingerprint density at radius 3 is 2.81 bits per heavy atom. The maximum Gasteiger partial charge on any atom is 0.282 e. The van der Waals surface area contributed by atoms with Crippen LogP contribution in [0.3, 0.4) is 0 Å². The first-order valence-corrected chi connectivity index (χ1v) is 7.19. The van der Waals surface area contributed by atoms with E-state index in [1.165, 1.54) is 11.3 Å². The zero-order valence-electron chi connectivity index (χ0n) is 11.2. The molecule has 7 heteroatoms. The quantitative estimate of drug-likeness (QED) is 0.676. The molecule has 2 aromatic rings. The summed E-state index contributed by atoms with van der Waals surface area (Å²) in [6, 6.07) is 6.33. The van der Waals surface area contributed by atoms with E-state index in [4.69, 9.17) is 0 Å². The summed E-state index contributed by atoms with van der Waals surface area (Å²) in [4.78, 5) is 23.4. The smallest absolute Gasteiger partial charge is 0.282 e. The molecular weight excluding hydrogens is 295 g/mol. The molecule has 1 N–H and O–H groups in total. The van der Waals surface area contributed by atoms with Crippen molar-refractivity contribution in [3.8, 4) is 0 Å². The number of hydrogen-bond donors (Lipinski definition) is 1. The Hall–Kier alpha value is -2.28. The van der Waals surface area contributed by atoms with Crippen LogP contribution in [0.15, 0.2) is 35.7 Å². The van der Waals surface area contributed by atoms with Gasteiger partial charge in [-0.05, 0) is 30.0 Å². The van der Waals surface area contributed by atoms with Crippen molar-refractivity contribution in [3.05, 3.63) is 62.1 Å². The van der Waals surface area contributed by atoms with Crippen LogP contribution < -0.4 is 5.32 Å². The van der Waals surface area contributed by atoms with E-state index in [0.717, 1.165) is 23.1 Å². The molecule has 0 fully saturated rings. The number of halogens is 1. The molecule has 1 heterocycles. The van der Waals surface area contributed by atoms with Gasteiger partial charge in [0.2, 0.25) is 0 Å². The van der Waals surface area contributed by atoms with Crippen LogP contribution in [0, 0.1) is 15.9 Å². The molecule has 0 aliphatic heterocycles. The van der Waals surface area contributed by atoms with Crippen molar-refractivity contribution >= 4 is 22.9 Å². The third-order valence-corrected chi connectivity index (χ3v) is 3.99. The number of rotatable bonds is 5. The number of carbonyl (C=O) groups is 1. The molecule has 1 amide bonds. The molecule has 110 valence electrons. The van der Waals surface area contributed by atoms with Gasteiger partial charge in [0, 0.05) is 10.9 Å². The van der Waals surface area contributed by atoms with Crippen LogP contribution in [-0.4, -0.2) is 10.8 Å². The molecule has 0 radical (unpaired) electrons. The van der Waals surface area contributed by atoms with Crippen LogP contribution in [-0.2, 0) is 0 Å². The highest BCUT2D eigenvalue weighted by molar-refractivity contribution is 7.10. The van der Waals surface area contributed by atoms with Gasteiger partial charge < -0.3 is 5.32 Å². The predicted molar refractivity (Wildman–Crippen MR) is 77.9 cm³/mol. The van der Waals surface area contributed by atoms with Gasteiger partial charge in [-0.2, -0.15) is 0 Å². The second kappa shape index (κ2) is 6.45. The highest BCUT2D eigenvalue weighted by atomic mass is 32.1. The lowest BCUT2D eigenvalue weighted by atomic mass is 10.1. The fraction of sp³-hybridized carbons (Fsp3) is 0.214. The maximum absolute atomic E-state index is 13.3. The van der Waals surface area contributed by atoms with Gasteiger partial charge in [-0.25, -0.2) is 4.39 Å². The standard InChI is InChI=1S/C14H13FN2O3S/c1-2-11(13-4-3-7-21-13)16-14(18)10-8-9(15)5-6-12(10)17(19)20/h3-8,11H,2H2,1H3,(H,16,18). The predicted octanol–water partition coefficient (Wildman–Crippen LogP) is 3.68. The van der Waals surface area contributed by atoms with Crippen LogP contribution in [0.5, 0.6) is 0 Å². The highest BCUT2D eigenvalue weighted by Gasteiger charge is 2.23. The van der Waals surface area contributed by atoms with Gasteiger partial charge in [0.1, 0.15) is 11.4 Å². The SMILES string of the molecule is CCC(NC(=O)c1cc(F)ccc1[N+](=O)[O-])c1cccs1. The van der Waals surface area contributed by atoms with Crippen LogP contribution >= 0.6 is 11.3 Å². The number of benzene rings is 1. The molecule has 0 aliphatic rings. The molecule has 0 saturated carbocycles. The molecule has 0 spiro atoms. The van der Waals surface area contributed by atoms with Gasteiger partial charge in [0.05, 0.1) is 11.0 Å². The summed E-state index contributed by atoms with van der Waals surface area (Å²) in [5.41, 5.74) is -0.676. The number of amides is 1. The Balaban J connectivity index is 2.27. The minimum Gasteiger partial charge on any atom is -0.344 e. The molecule has 0 saturated heterocycles. The molecule has 21 heavy (non-hydrogen) atoms. The first-order valence-electron chi connectivity index (χ1n) is 6.31. The molecular formula is C14H13FN2O3S. The van der Waals surface area contributed by atoms with E-state index >= 15 is 0 Å². The average Bonchev–Trinajstić information content (AvgIpc) is 2.98. The van der Waals surface area contributed by atoms with E-state index in [1.54, 1.807) is 0 Å². The number of nitro groups is 1. The zero-order valence-corrected chi connectivity index (χ0v) is 12.0. The first kappa shape index (κ1) is 15.1. The van der Waals surface area contributed by atoms with E-state index < -0.39 is 22.3 Å². The van der Waals surface area contributed by atoms with Crippen molar-refractivity contribution in [3.63, 3.8) is 0 Å². The van der Waals surface area contributed by atoms with Gasteiger partial charge in [-0.3, -0.25) is 14.9 Å². The maximum atomic E-state index is 13.3. The van der Waals surface area contributed by atoms with Gasteiger partial charge >= 0.3 is 0 Å². The van der Waals surface area contributed by atoms with Crippen LogP contribution in [0.25, 0.3) is 0 Å². The molecule has 0 bridgehead atoms. The van der Waals surface area contributed by atoms with E-state index in [-0.39, 0.29) is 11.6 Å². The lowest BCUT2D eigenvalue weighted by molar-refractivity contribution is -0.385. The summed E-state index contributed by atoms with van der Waals surface area (Å²) >= 11 is 1.48. The van der Waals surface area contributed by atoms with E-state index in [1.807, 2.05) is 24.4 Å². The number of hydrogen-bond acceptors (Lipinski definition) is 4. The van der Waals surface area contributed by atoms with E-state index in [2.05, 4.69) is 5.32 Å². The minimum absolute atomic E-state index is 0.250. The number of nitrogens with one attached hydrogen (secondary N) is 1. The van der Waals surface area contributed by atoms with Crippen LogP contribution in [0.4, 0.5) is 10.1 Å². The third-order valence-electron chi connectivity index (χ3n) is 3.00. The van der Waals surface area contributed by atoms with Crippen molar-refractivity contribution in [1.29, 1.82) is 0 Å². The lowest BCUT2D eigenvalue weighted by Crippen LogP contribution is -2.28. The van der Waals surface area contributed by atoms with Crippen molar-refractivity contribution < 1.29 is 14.1 Å². The molecule has 1 atom stereocenters.